The Morgan fingerprint density at radius 3 is 2.75 bits per heavy atom. The lowest BCUT2D eigenvalue weighted by molar-refractivity contribution is 0.248. The van der Waals surface area contributed by atoms with E-state index < -0.39 is 0 Å². The van der Waals surface area contributed by atoms with Crippen molar-refractivity contribution in [2.75, 3.05) is 13.7 Å². The smallest absolute Gasteiger partial charge is 0.133 e. The molecule has 4 heteroatoms. The van der Waals surface area contributed by atoms with E-state index in [0.29, 0.717) is 0 Å². The Bertz CT molecular complexity index is 231. The molecule has 1 aromatic heterocycles. The quantitative estimate of drug-likeness (QED) is 0.596. The molecule has 3 N–H and O–H groups in total. The summed E-state index contributed by atoms with van der Waals surface area (Å²) in [6, 6.07) is 3.06. The van der Waals surface area contributed by atoms with Gasteiger partial charge in [-0.25, -0.2) is 0 Å². The molecule has 0 radical (unpaired) electrons. The van der Waals surface area contributed by atoms with E-state index in [1.54, 1.807) is 19.2 Å². The van der Waals surface area contributed by atoms with E-state index in [-0.39, 0.29) is 18.4 Å². The van der Waals surface area contributed by atoms with Gasteiger partial charge in [-0.2, -0.15) is 0 Å². The average Bonchev–Trinajstić information content (AvgIpc) is 2.10. The van der Waals surface area contributed by atoms with E-state index in [0.717, 1.165) is 5.69 Å². The van der Waals surface area contributed by atoms with Crippen molar-refractivity contribution in [1.82, 2.24) is 10.3 Å². The van der Waals surface area contributed by atoms with E-state index in [4.69, 9.17) is 10.2 Å². The molecule has 1 rings (SSSR count). The summed E-state index contributed by atoms with van der Waals surface area (Å²) in [6.45, 7) is -0.00568. The normalized spacial score (nSPS) is 12.8. The number of hydrogen-bond donors (Lipinski definition) is 3. The molecule has 0 spiro atoms. The van der Waals surface area contributed by atoms with Crippen LogP contribution >= 0.6 is 0 Å². The van der Waals surface area contributed by atoms with Gasteiger partial charge < -0.3 is 15.5 Å². The second-order valence-electron chi connectivity index (χ2n) is 2.47. The summed E-state index contributed by atoms with van der Waals surface area (Å²) in [5.74, 6) is 0.131. The molecule has 1 atom stereocenters. The molecule has 0 aliphatic heterocycles. The summed E-state index contributed by atoms with van der Waals surface area (Å²) in [5.41, 5.74) is 0.720. The van der Waals surface area contributed by atoms with Crippen molar-refractivity contribution >= 4 is 0 Å². The standard InChI is InChI=1S/C8H12N2O2/c1-9-8(5-11)7-3-2-6(12)4-10-7/h2-4,8-9,11-12H,5H2,1H3/t8-/m1/s1. The van der Waals surface area contributed by atoms with Gasteiger partial charge in [-0.15, -0.1) is 0 Å². The van der Waals surface area contributed by atoms with Gasteiger partial charge in [0, 0.05) is 0 Å². The molecule has 0 aromatic carbocycles. The average molecular weight is 168 g/mol. The van der Waals surface area contributed by atoms with Crippen molar-refractivity contribution in [3.8, 4) is 5.75 Å². The number of rotatable bonds is 3. The molecule has 0 fully saturated rings. The Morgan fingerprint density at radius 1 is 1.58 bits per heavy atom. The van der Waals surface area contributed by atoms with E-state index >= 15 is 0 Å². The number of nitrogens with one attached hydrogen (secondary N) is 1. The maximum absolute atomic E-state index is 8.94. The Hall–Kier alpha value is -1.13. The maximum Gasteiger partial charge on any atom is 0.133 e. The number of nitrogens with zero attached hydrogens (tertiary/aromatic N) is 1. The number of hydrogen-bond acceptors (Lipinski definition) is 4. The van der Waals surface area contributed by atoms with Crippen molar-refractivity contribution in [2.24, 2.45) is 0 Å². The first-order valence-electron chi connectivity index (χ1n) is 3.71. The van der Waals surface area contributed by atoms with Crippen molar-refractivity contribution in [3.05, 3.63) is 24.0 Å². The molecule has 0 bridgehead atoms. The van der Waals surface area contributed by atoms with Crippen molar-refractivity contribution in [1.29, 1.82) is 0 Å². The second kappa shape index (κ2) is 4.04. The van der Waals surface area contributed by atoms with Gasteiger partial charge in [0.1, 0.15) is 5.75 Å². The summed E-state index contributed by atoms with van der Waals surface area (Å²) in [7, 11) is 1.75. The highest BCUT2D eigenvalue weighted by atomic mass is 16.3. The number of aliphatic hydroxyl groups is 1. The van der Waals surface area contributed by atoms with E-state index in [2.05, 4.69) is 10.3 Å². The van der Waals surface area contributed by atoms with Crippen LogP contribution in [-0.2, 0) is 0 Å². The van der Waals surface area contributed by atoms with Crippen molar-refractivity contribution < 1.29 is 10.2 Å². The minimum Gasteiger partial charge on any atom is -0.506 e. The zero-order valence-electron chi connectivity index (χ0n) is 6.86. The fourth-order valence-corrected chi connectivity index (χ4v) is 0.936. The summed E-state index contributed by atoms with van der Waals surface area (Å²) in [5, 5.41) is 20.7. The Balaban J connectivity index is 2.80. The van der Waals surface area contributed by atoms with Crippen LogP contribution < -0.4 is 5.32 Å². The molecule has 12 heavy (non-hydrogen) atoms. The van der Waals surface area contributed by atoms with Gasteiger partial charge in [0.15, 0.2) is 0 Å². The minimum absolute atomic E-state index is 0.00568. The Morgan fingerprint density at radius 2 is 2.33 bits per heavy atom. The summed E-state index contributed by atoms with van der Waals surface area (Å²) in [6.07, 6.45) is 1.36. The van der Waals surface area contributed by atoms with Crippen LogP contribution in [0.2, 0.25) is 0 Å². The van der Waals surface area contributed by atoms with Gasteiger partial charge in [-0.05, 0) is 19.2 Å². The van der Waals surface area contributed by atoms with Gasteiger partial charge in [0.05, 0.1) is 24.5 Å². The van der Waals surface area contributed by atoms with Gasteiger partial charge in [-0.1, -0.05) is 0 Å². The third kappa shape index (κ3) is 1.93. The zero-order valence-corrected chi connectivity index (χ0v) is 6.86. The van der Waals surface area contributed by atoms with E-state index in [1.165, 1.54) is 6.20 Å². The first-order valence-corrected chi connectivity index (χ1v) is 3.71. The number of aromatic hydroxyl groups is 1. The Labute approximate surface area is 70.9 Å². The molecule has 0 unspecified atom stereocenters. The SMILES string of the molecule is CN[C@H](CO)c1ccc(O)cn1. The highest BCUT2D eigenvalue weighted by Crippen LogP contribution is 2.12. The first kappa shape index (κ1) is 8.96. The molecular formula is C8H12N2O2. The topological polar surface area (TPSA) is 65.4 Å². The van der Waals surface area contributed by atoms with Crippen molar-refractivity contribution in [3.63, 3.8) is 0 Å². The van der Waals surface area contributed by atoms with Gasteiger partial charge in [0.25, 0.3) is 0 Å². The van der Waals surface area contributed by atoms with E-state index in [1.807, 2.05) is 0 Å². The lowest BCUT2D eigenvalue weighted by Gasteiger charge is -2.11. The van der Waals surface area contributed by atoms with Gasteiger partial charge >= 0.3 is 0 Å². The molecule has 1 aromatic rings. The molecule has 0 saturated carbocycles. The first-order chi connectivity index (χ1) is 5.77. The number of aromatic nitrogens is 1. The predicted octanol–water partition coefficient (Wildman–Crippen LogP) is 0.0400. The van der Waals surface area contributed by atoms with Crippen molar-refractivity contribution in [2.45, 2.75) is 6.04 Å². The fraction of sp³-hybridized carbons (Fsp3) is 0.375. The molecular weight excluding hydrogens is 156 g/mol. The van der Waals surface area contributed by atoms with Gasteiger partial charge in [0.2, 0.25) is 0 Å². The molecule has 0 amide bonds. The molecule has 4 nitrogen and oxygen atoms in total. The monoisotopic (exact) mass is 168 g/mol. The summed E-state index contributed by atoms with van der Waals surface area (Å²) < 4.78 is 0. The van der Waals surface area contributed by atoms with Crippen LogP contribution in [0.25, 0.3) is 0 Å². The number of pyridine rings is 1. The number of likely N-dealkylation sites (N-methyl/N-ethyl adjacent to an activating group) is 1. The van der Waals surface area contributed by atoms with Crippen LogP contribution in [0, 0.1) is 0 Å². The highest BCUT2D eigenvalue weighted by molar-refractivity contribution is 5.19. The lowest BCUT2D eigenvalue weighted by Crippen LogP contribution is -2.20. The molecule has 1 heterocycles. The molecule has 66 valence electrons. The summed E-state index contributed by atoms with van der Waals surface area (Å²) >= 11 is 0. The second-order valence-corrected chi connectivity index (χ2v) is 2.47. The third-order valence-electron chi connectivity index (χ3n) is 1.66. The zero-order chi connectivity index (χ0) is 8.97. The highest BCUT2D eigenvalue weighted by Gasteiger charge is 2.07. The van der Waals surface area contributed by atoms with Crippen LogP contribution in [0.5, 0.6) is 5.75 Å². The largest absolute Gasteiger partial charge is 0.506 e. The minimum atomic E-state index is -0.161. The lowest BCUT2D eigenvalue weighted by atomic mass is 10.2. The van der Waals surface area contributed by atoms with Gasteiger partial charge in [-0.3, -0.25) is 4.98 Å². The maximum atomic E-state index is 8.94. The molecule has 0 aliphatic rings. The Kier molecular flexibility index (Phi) is 3.01. The molecule has 0 aliphatic carbocycles. The third-order valence-corrected chi connectivity index (χ3v) is 1.66. The molecule has 0 saturated heterocycles. The van der Waals surface area contributed by atoms with E-state index in [9.17, 15) is 0 Å². The van der Waals surface area contributed by atoms with Crippen LogP contribution in [0.1, 0.15) is 11.7 Å². The number of aliphatic hydroxyl groups excluding tert-OH is 1. The summed E-state index contributed by atoms with van der Waals surface area (Å²) in [4.78, 5) is 3.95. The van der Waals surface area contributed by atoms with Crippen LogP contribution in [0.15, 0.2) is 18.3 Å². The van der Waals surface area contributed by atoms with Crippen LogP contribution in [-0.4, -0.2) is 28.9 Å². The predicted molar refractivity (Wildman–Crippen MR) is 44.8 cm³/mol. The van der Waals surface area contributed by atoms with Crippen LogP contribution in [0.3, 0.4) is 0 Å². The fourth-order valence-electron chi connectivity index (χ4n) is 0.936. The van der Waals surface area contributed by atoms with Crippen LogP contribution in [0.4, 0.5) is 0 Å².